The minimum absolute atomic E-state index is 0.172. The Morgan fingerprint density at radius 1 is 1.17 bits per heavy atom. The average molecular weight is 575 g/mol. The zero-order valence-corrected chi connectivity index (χ0v) is 25.2. The van der Waals surface area contributed by atoms with Gasteiger partial charge < -0.3 is 15.5 Å². The van der Waals surface area contributed by atoms with Gasteiger partial charge in [0.25, 0.3) is 0 Å². The second kappa shape index (κ2) is 13.8. The quantitative estimate of drug-likeness (QED) is 0.155. The third-order valence-electron chi connectivity index (χ3n) is 8.07. The molecular formula is C30H41BN7O2S. The van der Waals surface area contributed by atoms with E-state index in [4.69, 9.17) is 0 Å². The predicted molar refractivity (Wildman–Crippen MR) is 169 cm³/mol. The fourth-order valence-corrected chi connectivity index (χ4v) is 7.00. The SMILES string of the molecule is CCC1CN(c2ccc3c(NC(=O)CCNC=O)nn(C)c3c2)CCN1Cc1cccc(SN2CC[B]C(C)C2)c1. The Labute approximate surface area is 248 Å². The zero-order valence-electron chi connectivity index (χ0n) is 24.4. The maximum atomic E-state index is 12.3. The zero-order chi connectivity index (χ0) is 28.8. The van der Waals surface area contributed by atoms with Crippen molar-refractivity contribution < 1.29 is 9.59 Å². The number of nitrogens with one attached hydrogen (secondary N) is 2. The second-order valence-corrected chi connectivity index (χ2v) is 12.3. The van der Waals surface area contributed by atoms with Crippen LogP contribution in [0.15, 0.2) is 47.4 Å². The molecule has 0 bridgehead atoms. The summed E-state index contributed by atoms with van der Waals surface area (Å²) in [6, 6.07) is 15.9. The molecule has 2 N–H and O–H groups in total. The number of aryl methyl sites for hydroxylation is 1. The molecule has 2 amide bonds. The van der Waals surface area contributed by atoms with Crippen molar-refractivity contribution in [2.75, 3.05) is 49.5 Å². The largest absolute Gasteiger partial charge is 0.369 e. The molecule has 217 valence electrons. The molecule has 3 heterocycles. The Morgan fingerprint density at radius 2 is 2.05 bits per heavy atom. The number of amides is 2. The number of carbonyl (C=O) groups is 2. The topological polar surface area (TPSA) is 85.7 Å². The van der Waals surface area contributed by atoms with Crippen LogP contribution >= 0.6 is 11.9 Å². The number of carbonyl (C=O) groups excluding carboxylic acids is 2. The Kier molecular flexibility index (Phi) is 9.90. The van der Waals surface area contributed by atoms with Gasteiger partial charge in [0.15, 0.2) is 5.82 Å². The van der Waals surface area contributed by atoms with Gasteiger partial charge in [-0.05, 0) is 54.3 Å². The molecule has 0 aliphatic carbocycles. The Bertz CT molecular complexity index is 1350. The van der Waals surface area contributed by atoms with Gasteiger partial charge >= 0.3 is 0 Å². The smallest absolute Gasteiger partial charge is 0.227 e. The summed E-state index contributed by atoms with van der Waals surface area (Å²) in [5.41, 5.74) is 3.54. The van der Waals surface area contributed by atoms with Crippen molar-refractivity contribution in [3.63, 3.8) is 0 Å². The van der Waals surface area contributed by atoms with Crippen LogP contribution in [0.5, 0.6) is 0 Å². The van der Waals surface area contributed by atoms with E-state index in [1.807, 2.05) is 23.7 Å². The first kappa shape index (κ1) is 29.5. The van der Waals surface area contributed by atoms with Crippen molar-refractivity contribution in [2.45, 2.75) is 56.3 Å². The molecule has 3 aromatic rings. The molecular weight excluding hydrogens is 533 g/mol. The average Bonchev–Trinajstić information content (AvgIpc) is 3.27. The van der Waals surface area contributed by atoms with Crippen molar-refractivity contribution >= 4 is 54.0 Å². The van der Waals surface area contributed by atoms with Crippen LogP contribution in [-0.4, -0.2) is 83.9 Å². The second-order valence-electron chi connectivity index (χ2n) is 11.2. The summed E-state index contributed by atoms with van der Waals surface area (Å²) in [5.74, 6) is 1.04. The van der Waals surface area contributed by atoms with Crippen molar-refractivity contribution in [1.29, 1.82) is 0 Å². The molecule has 1 aromatic heterocycles. The summed E-state index contributed by atoms with van der Waals surface area (Å²) in [6.07, 6.45) is 3.07. The fourth-order valence-electron chi connectivity index (χ4n) is 5.85. The van der Waals surface area contributed by atoms with Crippen molar-refractivity contribution in [2.24, 2.45) is 7.05 Å². The number of benzene rings is 2. The summed E-state index contributed by atoms with van der Waals surface area (Å²) in [4.78, 5) is 29.2. The van der Waals surface area contributed by atoms with E-state index in [9.17, 15) is 9.59 Å². The number of nitrogens with zero attached hydrogens (tertiary/aromatic N) is 5. The highest BCUT2D eigenvalue weighted by Gasteiger charge is 2.27. The van der Waals surface area contributed by atoms with E-state index in [0.717, 1.165) is 56.6 Å². The molecule has 0 saturated carbocycles. The molecule has 2 atom stereocenters. The standard InChI is InChI=1S/C30H41BN7O2S/c1-4-24-20-37(25-8-9-27-28(17-25)35(3)34-30(27)33-29(40)10-12-32-21-39)15-14-36(24)19-23-6-5-7-26(16-23)41-38-13-11-31-22(2)18-38/h5-9,16-17,21-22,24H,4,10-15,18-20H2,1-3H3,(H,32,39)(H,33,34,40). The van der Waals surface area contributed by atoms with Crippen LogP contribution in [0.2, 0.25) is 12.1 Å². The number of fused-ring (bicyclic) bond motifs is 1. The minimum Gasteiger partial charge on any atom is -0.369 e. The lowest BCUT2D eigenvalue weighted by Gasteiger charge is -2.42. The van der Waals surface area contributed by atoms with Gasteiger partial charge in [0, 0.05) is 81.3 Å². The van der Waals surface area contributed by atoms with E-state index >= 15 is 0 Å². The monoisotopic (exact) mass is 574 g/mol. The van der Waals surface area contributed by atoms with Gasteiger partial charge in [-0.2, -0.15) is 5.10 Å². The Hall–Kier alpha value is -3.02. The molecule has 9 nitrogen and oxygen atoms in total. The summed E-state index contributed by atoms with van der Waals surface area (Å²) >= 11 is 1.90. The first-order valence-corrected chi connectivity index (χ1v) is 15.5. The molecule has 2 aliphatic heterocycles. The van der Waals surface area contributed by atoms with E-state index in [1.54, 1.807) is 0 Å². The third-order valence-corrected chi connectivity index (χ3v) is 9.13. The molecule has 2 saturated heterocycles. The van der Waals surface area contributed by atoms with Crippen LogP contribution in [0.25, 0.3) is 10.9 Å². The number of hydrogen-bond acceptors (Lipinski definition) is 7. The number of anilines is 2. The van der Waals surface area contributed by atoms with Crippen molar-refractivity contribution in [3.05, 3.63) is 48.0 Å². The molecule has 1 radical (unpaired) electrons. The van der Waals surface area contributed by atoms with E-state index in [2.05, 4.69) is 93.4 Å². The maximum absolute atomic E-state index is 12.3. The van der Waals surface area contributed by atoms with Gasteiger partial charge in [-0.15, -0.1) is 0 Å². The van der Waals surface area contributed by atoms with Crippen molar-refractivity contribution in [3.8, 4) is 0 Å². The summed E-state index contributed by atoms with van der Waals surface area (Å²) in [5, 5.41) is 10.9. The van der Waals surface area contributed by atoms with Crippen LogP contribution in [0.3, 0.4) is 0 Å². The fraction of sp³-hybridized carbons (Fsp3) is 0.500. The lowest BCUT2D eigenvalue weighted by Crippen LogP contribution is -2.52. The lowest BCUT2D eigenvalue weighted by molar-refractivity contribution is -0.116. The van der Waals surface area contributed by atoms with Gasteiger partial charge in [-0.1, -0.05) is 38.1 Å². The van der Waals surface area contributed by atoms with Gasteiger partial charge in [0.2, 0.25) is 12.3 Å². The maximum Gasteiger partial charge on any atom is 0.227 e. The number of piperazine rings is 1. The van der Waals surface area contributed by atoms with E-state index in [0.29, 0.717) is 30.6 Å². The minimum atomic E-state index is -0.172. The molecule has 11 heteroatoms. The molecule has 0 spiro atoms. The van der Waals surface area contributed by atoms with Crippen molar-refractivity contribution in [1.82, 2.24) is 24.3 Å². The van der Waals surface area contributed by atoms with Gasteiger partial charge in [-0.3, -0.25) is 19.2 Å². The van der Waals surface area contributed by atoms with Crippen LogP contribution < -0.4 is 15.5 Å². The van der Waals surface area contributed by atoms with Crippen LogP contribution in [0, 0.1) is 0 Å². The Balaban J connectivity index is 1.21. The predicted octanol–water partition coefficient (Wildman–Crippen LogP) is 4.00. The molecule has 2 unspecified atom stereocenters. The molecule has 2 fully saturated rings. The number of rotatable bonds is 11. The van der Waals surface area contributed by atoms with E-state index < -0.39 is 0 Å². The first-order valence-electron chi connectivity index (χ1n) is 14.7. The normalized spacial score (nSPS) is 20.1. The van der Waals surface area contributed by atoms with Gasteiger partial charge in [0.1, 0.15) is 7.28 Å². The third kappa shape index (κ3) is 7.44. The summed E-state index contributed by atoms with van der Waals surface area (Å²) in [7, 11) is 4.34. The van der Waals surface area contributed by atoms with Crippen LogP contribution in [-0.2, 0) is 23.2 Å². The lowest BCUT2D eigenvalue weighted by atomic mass is 9.61. The van der Waals surface area contributed by atoms with Crippen LogP contribution in [0.4, 0.5) is 11.5 Å². The van der Waals surface area contributed by atoms with Gasteiger partial charge in [0.05, 0.1) is 5.52 Å². The summed E-state index contributed by atoms with van der Waals surface area (Å²) < 4.78 is 4.32. The van der Waals surface area contributed by atoms with E-state index in [-0.39, 0.29) is 12.3 Å². The summed E-state index contributed by atoms with van der Waals surface area (Å²) in [6.45, 7) is 11.1. The molecule has 5 rings (SSSR count). The highest BCUT2D eigenvalue weighted by Crippen LogP contribution is 2.31. The Morgan fingerprint density at radius 3 is 2.85 bits per heavy atom. The van der Waals surface area contributed by atoms with Crippen LogP contribution in [0.1, 0.15) is 32.3 Å². The molecule has 2 aromatic carbocycles. The van der Waals surface area contributed by atoms with Gasteiger partial charge in [-0.25, -0.2) is 4.31 Å². The highest BCUT2D eigenvalue weighted by molar-refractivity contribution is 7.97. The number of hydrogen-bond donors (Lipinski definition) is 2. The first-order chi connectivity index (χ1) is 19.9. The number of aromatic nitrogens is 2. The highest BCUT2D eigenvalue weighted by atomic mass is 32.2. The van der Waals surface area contributed by atoms with E-state index in [1.165, 1.54) is 22.5 Å². The molecule has 2 aliphatic rings. The molecule has 41 heavy (non-hydrogen) atoms.